The van der Waals surface area contributed by atoms with Gasteiger partial charge in [0.2, 0.25) is 5.91 Å². The molecule has 1 amide bonds. The van der Waals surface area contributed by atoms with Gasteiger partial charge in [-0.2, -0.15) is 0 Å². The first-order valence-corrected chi connectivity index (χ1v) is 7.77. The van der Waals surface area contributed by atoms with Crippen molar-refractivity contribution in [2.75, 3.05) is 13.2 Å². The second kappa shape index (κ2) is 8.74. The van der Waals surface area contributed by atoms with Gasteiger partial charge in [-0.25, -0.2) is 0 Å². The molecule has 4 nitrogen and oxygen atoms in total. The van der Waals surface area contributed by atoms with Crippen LogP contribution in [-0.4, -0.2) is 24.7 Å². The number of primary amides is 1. The minimum atomic E-state index is -0.361. The van der Waals surface area contributed by atoms with Crippen LogP contribution in [-0.2, 0) is 9.53 Å². The van der Waals surface area contributed by atoms with Crippen molar-refractivity contribution in [1.82, 2.24) is 0 Å². The number of carbonyl (C=O) groups excluding carboxylic acids is 1. The topological polar surface area (TPSA) is 78.3 Å². The second-order valence-corrected chi connectivity index (χ2v) is 8.63. The number of hydrogen-bond donors (Lipinski definition) is 2. The normalized spacial score (nSPS) is 12.9. The molecule has 21 heavy (non-hydrogen) atoms. The zero-order valence-corrected chi connectivity index (χ0v) is 15.7. The highest BCUT2D eigenvalue weighted by molar-refractivity contribution is 5.79. The summed E-state index contributed by atoms with van der Waals surface area (Å²) in [5.41, 5.74) is 10.2. The lowest BCUT2D eigenvalue weighted by Gasteiger charge is -2.32. The van der Waals surface area contributed by atoms with E-state index in [1.165, 1.54) is 6.42 Å². The van der Waals surface area contributed by atoms with Crippen molar-refractivity contribution in [2.24, 2.45) is 28.2 Å². The van der Waals surface area contributed by atoms with Gasteiger partial charge in [0.05, 0.1) is 12.2 Å². The van der Waals surface area contributed by atoms with Gasteiger partial charge in [0.25, 0.3) is 0 Å². The SMILES string of the molecule is CC(C)(C)C(N)=O.CC(C)CC(C)(C)COC(C)(C)CN. The van der Waals surface area contributed by atoms with Gasteiger partial charge >= 0.3 is 0 Å². The van der Waals surface area contributed by atoms with E-state index in [1.807, 2.05) is 13.8 Å². The van der Waals surface area contributed by atoms with Crippen molar-refractivity contribution in [1.29, 1.82) is 0 Å². The highest BCUT2D eigenvalue weighted by Gasteiger charge is 2.24. The van der Waals surface area contributed by atoms with Crippen molar-refractivity contribution in [3.63, 3.8) is 0 Å². The van der Waals surface area contributed by atoms with Crippen LogP contribution in [0.1, 0.15) is 68.7 Å². The zero-order chi connectivity index (χ0) is 17.5. The lowest BCUT2D eigenvalue weighted by molar-refractivity contribution is -0.125. The quantitative estimate of drug-likeness (QED) is 0.790. The van der Waals surface area contributed by atoms with E-state index >= 15 is 0 Å². The Balaban J connectivity index is 0. The van der Waals surface area contributed by atoms with E-state index in [1.54, 1.807) is 20.8 Å². The molecule has 0 fully saturated rings. The van der Waals surface area contributed by atoms with Gasteiger partial charge in [-0.05, 0) is 31.6 Å². The van der Waals surface area contributed by atoms with E-state index in [9.17, 15) is 4.79 Å². The maximum Gasteiger partial charge on any atom is 0.222 e. The monoisotopic (exact) mass is 302 g/mol. The molecule has 0 saturated heterocycles. The molecule has 0 aliphatic rings. The standard InChI is InChI=1S/C12H27NO.C5H11NO/c1-10(2)7-11(3,4)9-14-12(5,6)8-13;1-5(2,3)4(6)7/h10H,7-9,13H2,1-6H3;1-3H3,(H2,6,7). The Bertz CT molecular complexity index is 302. The van der Waals surface area contributed by atoms with Crippen LogP contribution < -0.4 is 11.5 Å². The second-order valence-electron chi connectivity index (χ2n) is 8.63. The fourth-order valence-corrected chi connectivity index (χ4v) is 1.61. The summed E-state index contributed by atoms with van der Waals surface area (Å²) in [5, 5.41) is 0. The molecule has 0 atom stereocenters. The predicted octanol–water partition coefficient (Wildman–Crippen LogP) is 3.33. The highest BCUT2D eigenvalue weighted by atomic mass is 16.5. The van der Waals surface area contributed by atoms with E-state index in [4.69, 9.17) is 16.2 Å². The maximum absolute atomic E-state index is 10.2. The Morgan fingerprint density at radius 1 is 1.05 bits per heavy atom. The number of hydrogen-bond acceptors (Lipinski definition) is 3. The fourth-order valence-electron chi connectivity index (χ4n) is 1.61. The summed E-state index contributed by atoms with van der Waals surface area (Å²) >= 11 is 0. The summed E-state index contributed by atoms with van der Waals surface area (Å²) in [4.78, 5) is 10.2. The summed E-state index contributed by atoms with van der Waals surface area (Å²) in [6, 6.07) is 0. The summed E-state index contributed by atoms with van der Waals surface area (Å²) in [5.74, 6) is 0.460. The molecule has 0 aliphatic carbocycles. The number of carbonyl (C=O) groups is 1. The van der Waals surface area contributed by atoms with Crippen LogP contribution in [0.15, 0.2) is 0 Å². The highest BCUT2D eigenvalue weighted by Crippen LogP contribution is 2.27. The minimum Gasteiger partial charge on any atom is -0.374 e. The average molecular weight is 303 g/mol. The average Bonchev–Trinajstić information content (AvgIpc) is 2.25. The van der Waals surface area contributed by atoms with Crippen molar-refractivity contribution < 1.29 is 9.53 Å². The molecule has 0 aromatic heterocycles. The molecule has 0 spiro atoms. The van der Waals surface area contributed by atoms with Crippen LogP contribution in [0, 0.1) is 16.7 Å². The molecule has 128 valence electrons. The molecular formula is C17H38N2O2. The first-order valence-electron chi connectivity index (χ1n) is 7.77. The van der Waals surface area contributed by atoms with Crippen molar-refractivity contribution in [2.45, 2.75) is 74.3 Å². The van der Waals surface area contributed by atoms with Crippen LogP contribution in [0.25, 0.3) is 0 Å². The van der Waals surface area contributed by atoms with Gasteiger partial charge in [-0.3, -0.25) is 4.79 Å². The number of ether oxygens (including phenoxy) is 1. The van der Waals surface area contributed by atoms with E-state index in [0.29, 0.717) is 6.54 Å². The molecule has 0 heterocycles. The third kappa shape index (κ3) is 14.1. The van der Waals surface area contributed by atoms with Gasteiger partial charge in [0.15, 0.2) is 0 Å². The van der Waals surface area contributed by atoms with Crippen LogP contribution in [0.5, 0.6) is 0 Å². The van der Waals surface area contributed by atoms with Crippen LogP contribution in [0.4, 0.5) is 0 Å². The first-order chi connectivity index (χ1) is 9.13. The predicted molar refractivity (Wildman–Crippen MR) is 91.0 cm³/mol. The van der Waals surface area contributed by atoms with Gasteiger partial charge in [0, 0.05) is 12.0 Å². The van der Waals surface area contributed by atoms with Crippen molar-refractivity contribution >= 4 is 5.91 Å². The molecule has 4 N–H and O–H groups in total. The van der Waals surface area contributed by atoms with E-state index in [0.717, 1.165) is 12.5 Å². The Kier molecular flexibility index (Phi) is 9.44. The largest absolute Gasteiger partial charge is 0.374 e. The smallest absolute Gasteiger partial charge is 0.222 e. The van der Waals surface area contributed by atoms with E-state index < -0.39 is 0 Å². The molecule has 0 bridgehead atoms. The third-order valence-corrected chi connectivity index (χ3v) is 3.05. The first kappa shape index (κ1) is 22.7. The Morgan fingerprint density at radius 3 is 1.67 bits per heavy atom. The number of amides is 1. The Morgan fingerprint density at radius 2 is 1.43 bits per heavy atom. The van der Waals surface area contributed by atoms with Gasteiger partial charge in [-0.1, -0.05) is 48.5 Å². The van der Waals surface area contributed by atoms with Crippen molar-refractivity contribution in [3.05, 3.63) is 0 Å². The van der Waals surface area contributed by atoms with Crippen LogP contribution in [0.2, 0.25) is 0 Å². The zero-order valence-electron chi connectivity index (χ0n) is 15.7. The summed E-state index contributed by atoms with van der Waals surface area (Å²) < 4.78 is 5.82. The number of rotatable bonds is 6. The molecule has 0 aromatic rings. The summed E-state index contributed by atoms with van der Waals surface area (Å²) in [6.07, 6.45) is 1.19. The lowest BCUT2D eigenvalue weighted by atomic mass is 9.85. The van der Waals surface area contributed by atoms with Crippen molar-refractivity contribution in [3.8, 4) is 0 Å². The molecule has 4 heteroatoms. The minimum absolute atomic E-state index is 0.186. The van der Waals surface area contributed by atoms with Gasteiger partial charge in [-0.15, -0.1) is 0 Å². The molecule has 0 aromatic carbocycles. The lowest BCUT2D eigenvalue weighted by Crippen LogP contribution is -2.37. The van der Waals surface area contributed by atoms with E-state index in [-0.39, 0.29) is 22.3 Å². The molecule has 0 rings (SSSR count). The fraction of sp³-hybridized carbons (Fsp3) is 0.941. The van der Waals surface area contributed by atoms with Gasteiger partial charge in [0.1, 0.15) is 0 Å². The molecule has 0 aliphatic heterocycles. The van der Waals surface area contributed by atoms with Gasteiger partial charge < -0.3 is 16.2 Å². The van der Waals surface area contributed by atoms with Crippen LogP contribution in [0.3, 0.4) is 0 Å². The Hall–Kier alpha value is -0.610. The molecular weight excluding hydrogens is 264 g/mol. The van der Waals surface area contributed by atoms with E-state index in [2.05, 4.69) is 27.7 Å². The summed E-state index contributed by atoms with van der Waals surface area (Å²) in [6.45, 7) is 19.8. The maximum atomic E-state index is 10.2. The molecule has 0 unspecified atom stereocenters. The summed E-state index contributed by atoms with van der Waals surface area (Å²) in [7, 11) is 0. The molecule has 0 radical (unpaired) electrons. The van der Waals surface area contributed by atoms with Crippen LogP contribution >= 0.6 is 0 Å². The number of nitrogens with two attached hydrogens (primary N) is 2. The molecule has 0 saturated carbocycles. The third-order valence-electron chi connectivity index (χ3n) is 3.05. The Labute approximate surface area is 132 Å².